The van der Waals surface area contributed by atoms with Crippen molar-refractivity contribution in [2.45, 2.75) is 25.9 Å². The molecule has 0 radical (unpaired) electrons. The van der Waals surface area contributed by atoms with E-state index in [1.807, 2.05) is 6.92 Å². The zero-order valence-corrected chi connectivity index (χ0v) is 11.9. The summed E-state index contributed by atoms with van der Waals surface area (Å²) in [6.45, 7) is 1.84. The third-order valence-electron chi connectivity index (χ3n) is 3.12. The fourth-order valence-electron chi connectivity index (χ4n) is 2.05. The van der Waals surface area contributed by atoms with Gasteiger partial charge in [0.2, 0.25) is 11.8 Å². The number of hydrogen-bond donors (Lipinski definition) is 1. The van der Waals surface area contributed by atoms with E-state index in [1.165, 1.54) is 0 Å². The van der Waals surface area contributed by atoms with Crippen molar-refractivity contribution in [3.8, 4) is 5.75 Å². The number of amides is 2. The van der Waals surface area contributed by atoms with E-state index in [-0.39, 0.29) is 37.8 Å². The summed E-state index contributed by atoms with van der Waals surface area (Å²) in [5.41, 5.74) is 0.859. The Hall–Kier alpha value is -1.59. The van der Waals surface area contributed by atoms with Crippen LogP contribution in [-0.4, -0.2) is 41.1 Å². The number of halogens is 1. The highest BCUT2D eigenvalue weighted by Crippen LogP contribution is 2.22. The van der Waals surface area contributed by atoms with E-state index in [0.29, 0.717) is 10.8 Å². The van der Waals surface area contributed by atoms with Gasteiger partial charge in [-0.1, -0.05) is 11.6 Å². The number of β-amino-alcohol motifs (C(OH)–C–C–N with tert-alkyl or cyclic N) is 1. The fraction of sp³-hybridized carbons (Fsp3) is 0.429. The van der Waals surface area contributed by atoms with E-state index < -0.39 is 6.10 Å². The van der Waals surface area contributed by atoms with Crippen molar-refractivity contribution in [3.05, 3.63) is 28.8 Å². The van der Waals surface area contributed by atoms with Gasteiger partial charge in [0.05, 0.1) is 6.54 Å². The molecule has 0 aliphatic carbocycles. The van der Waals surface area contributed by atoms with Gasteiger partial charge in [-0.3, -0.25) is 14.5 Å². The van der Waals surface area contributed by atoms with Crippen LogP contribution in [-0.2, 0) is 9.59 Å². The third-order valence-corrected chi connectivity index (χ3v) is 3.35. The topological polar surface area (TPSA) is 66.8 Å². The molecule has 6 heteroatoms. The number of carbonyl (C=O) groups is 2. The predicted octanol–water partition coefficient (Wildman–Crippen LogP) is 1.54. The summed E-state index contributed by atoms with van der Waals surface area (Å²) in [6, 6.07) is 5.18. The number of imide groups is 1. The van der Waals surface area contributed by atoms with E-state index >= 15 is 0 Å². The Bertz CT molecular complexity index is 516. The molecular weight excluding hydrogens is 282 g/mol. The molecule has 1 atom stereocenters. The molecule has 1 unspecified atom stereocenters. The van der Waals surface area contributed by atoms with Gasteiger partial charge in [0.1, 0.15) is 18.5 Å². The number of aliphatic hydroxyl groups is 1. The fourth-order valence-corrected chi connectivity index (χ4v) is 2.28. The van der Waals surface area contributed by atoms with Gasteiger partial charge in [-0.15, -0.1) is 0 Å². The maximum absolute atomic E-state index is 11.4. The summed E-state index contributed by atoms with van der Waals surface area (Å²) in [6.07, 6.45) is -0.457. The summed E-state index contributed by atoms with van der Waals surface area (Å²) >= 11 is 5.84. The molecule has 1 aliphatic rings. The first-order valence-corrected chi connectivity index (χ1v) is 6.75. The molecule has 1 fully saturated rings. The van der Waals surface area contributed by atoms with Crippen LogP contribution in [0.2, 0.25) is 5.02 Å². The van der Waals surface area contributed by atoms with Gasteiger partial charge in [0.15, 0.2) is 0 Å². The molecule has 1 N–H and O–H groups in total. The molecule has 5 nitrogen and oxygen atoms in total. The Morgan fingerprint density at radius 3 is 2.60 bits per heavy atom. The number of nitrogens with zero attached hydrogens (tertiary/aromatic N) is 1. The SMILES string of the molecule is Cc1cc(Cl)ccc1OCC(O)CN1C(=O)CCC1=O. The molecule has 1 aromatic carbocycles. The molecule has 1 heterocycles. The average Bonchev–Trinajstić information content (AvgIpc) is 2.69. The van der Waals surface area contributed by atoms with Gasteiger partial charge >= 0.3 is 0 Å². The van der Waals surface area contributed by atoms with Crippen molar-refractivity contribution < 1.29 is 19.4 Å². The first-order valence-electron chi connectivity index (χ1n) is 6.37. The maximum atomic E-state index is 11.4. The van der Waals surface area contributed by atoms with Crippen LogP contribution in [0.25, 0.3) is 0 Å². The van der Waals surface area contributed by atoms with Gasteiger partial charge in [0, 0.05) is 17.9 Å². The molecule has 20 heavy (non-hydrogen) atoms. The highest BCUT2D eigenvalue weighted by atomic mass is 35.5. The quantitative estimate of drug-likeness (QED) is 0.837. The van der Waals surface area contributed by atoms with Crippen molar-refractivity contribution in [2.75, 3.05) is 13.2 Å². The Morgan fingerprint density at radius 1 is 1.35 bits per heavy atom. The van der Waals surface area contributed by atoms with Crippen molar-refractivity contribution in [3.63, 3.8) is 0 Å². The van der Waals surface area contributed by atoms with E-state index in [4.69, 9.17) is 16.3 Å². The highest BCUT2D eigenvalue weighted by molar-refractivity contribution is 6.30. The van der Waals surface area contributed by atoms with E-state index in [9.17, 15) is 14.7 Å². The molecule has 0 bridgehead atoms. The van der Waals surface area contributed by atoms with Crippen molar-refractivity contribution in [1.82, 2.24) is 4.90 Å². The first kappa shape index (κ1) is 14.8. The molecule has 0 aromatic heterocycles. The van der Waals surface area contributed by atoms with Gasteiger partial charge in [-0.2, -0.15) is 0 Å². The minimum atomic E-state index is -0.906. The van der Waals surface area contributed by atoms with Gasteiger partial charge in [-0.05, 0) is 30.7 Å². The number of benzene rings is 1. The van der Waals surface area contributed by atoms with Crippen LogP contribution < -0.4 is 4.74 Å². The Labute approximate surface area is 122 Å². The monoisotopic (exact) mass is 297 g/mol. The van der Waals surface area contributed by atoms with Gasteiger partial charge < -0.3 is 9.84 Å². The second kappa shape index (κ2) is 6.24. The third kappa shape index (κ3) is 3.49. The predicted molar refractivity (Wildman–Crippen MR) is 73.6 cm³/mol. The van der Waals surface area contributed by atoms with Crippen LogP contribution in [0.3, 0.4) is 0 Å². The van der Waals surface area contributed by atoms with Gasteiger partial charge in [0.25, 0.3) is 0 Å². The summed E-state index contributed by atoms with van der Waals surface area (Å²) in [4.78, 5) is 23.9. The molecule has 108 valence electrons. The second-order valence-electron chi connectivity index (χ2n) is 4.77. The number of carbonyl (C=O) groups excluding carboxylic acids is 2. The summed E-state index contributed by atoms with van der Waals surface area (Å²) in [7, 11) is 0. The van der Waals surface area contributed by atoms with Crippen LogP contribution in [0.1, 0.15) is 18.4 Å². The molecule has 1 saturated heterocycles. The second-order valence-corrected chi connectivity index (χ2v) is 5.21. The lowest BCUT2D eigenvalue weighted by Gasteiger charge is -2.19. The van der Waals surface area contributed by atoms with Crippen LogP contribution in [0.4, 0.5) is 0 Å². The van der Waals surface area contributed by atoms with Crippen LogP contribution in [0.15, 0.2) is 18.2 Å². The lowest BCUT2D eigenvalue weighted by molar-refractivity contribution is -0.140. The number of ether oxygens (including phenoxy) is 1. The molecule has 0 spiro atoms. The Kier molecular flexibility index (Phi) is 4.62. The van der Waals surface area contributed by atoms with Crippen molar-refractivity contribution >= 4 is 23.4 Å². The van der Waals surface area contributed by atoms with Crippen molar-refractivity contribution in [1.29, 1.82) is 0 Å². The lowest BCUT2D eigenvalue weighted by atomic mass is 10.2. The molecule has 0 saturated carbocycles. The molecular formula is C14H16ClNO4. The molecule has 2 amide bonds. The minimum absolute atomic E-state index is 0.0134. The number of likely N-dealkylation sites (tertiary alicyclic amines) is 1. The Balaban J connectivity index is 1.87. The summed E-state index contributed by atoms with van der Waals surface area (Å²) < 4.78 is 5.48. The average molecular weight is 298 g/mol. The lowest BCUT2D eigenvalue weighted by Crippen LogP contribution is -2.38. The maximum Gasteiger partial charge on any atom is 0.229 e. The van der Waals surface area contributed by atoms with E-state index in [2.05, 4.69) is 0 Å². The largest absolute Gasteiger partial charge is 0.491 e. The van der Waals surface area contributed by atoms with E-state index in [1.54, 1.807) is 18.2 Å². The molecule has 1 aliphatic heterocycles. The summed E-state index contributed by atoms with van der Waals surface area (Å²) in [5, 5.41) is 10.5. The van der Waals surface area contributed by atoms with Gasteiger partial charge in [-0.25, -0.2) is 0 Å². The zero-order valence-electron chi connectivity index (χ0n) is 11.1. The van der Waals surface area contributed by atoms with Crippen LogP contribution in [0.5, 0.6) is 5.75 Å². The Morgan fingerprint density at radius 2 is 2.00 bits per heavy atom. The van der Waals surface area contributed by atoms with Crippen LogP contribution >= 0.6 is 11.6 Å². The van der Waals surface area contributed by atoms with Crippen molar-refractivity contribution in [2.24, 2.45) is 0 Å². The number of rotatable bonds is 5. The number of aryl methyl sites for hydroxylation is 1. The number of aliphatic hydroxyl groups excluding tert-OH is 1. The zero-order chi connectivity index (χ0) is 14.7. The summed E-state index contributed by atoms with van der Waals surface area (Å²) in [5.74, 6) is 0.140. The normalized spacial score (nSPS) is 16.6. The first-order chi connectivity index (χ1) is 9.47. The smallest absolute Gasteiger partial charge is 0.229 e. The van der Waals surface area contributed by atoms with E-state index in [0.717, 1.165) is 10.5 Å². The molecule has 1 aromatic rings. The van der Waals surface area contributed by atoms with Crippen LogP contribution in [0, 0.1) is 6.92 Å². The minimum Gasteiger partial charge on any atom is -0.491 e. The standard InChI is InChI=1S/C14H16ClNO4/c1-9-6-10(15)2-3-12(9)20-8-11(17)7-16-13(18)4-5-14(16)19/h2-3,6,11,17H,4-5,7-8H2,1H3. The number of hydrogen-bond acceptors (Lipinski definition) is 4. The highest BCUT2D eigenvalue weighted by Gasteiger charge is 2.30. The molecule has 2 rings (SSSR count).